The van der Waals surface area contributed by atoms with Crippen LogP contribution < -0.4 is 22.2 Å². The number of aliphatic hydroxyl groups is 2. The Kier molecular flexibility index (Phi) is 4.52. The molecule has 2 aromatic heterocycles. The summed E-state index contributed by atoms with van der Waals surface area (Å²) in [5.41, 5.74) is -1.73. The van der Waals surface area contributed by atoms with Crippen LogP contribution in [0, 0.1) is 0 Å². The summed E-state index contributed by atoms with van der Waals surface area (Å²) in [6.45, 7) is 0. The largest absolute Gasteiger partial charge is 0.393 e. The Hall–Kier alpha value is -2.58. The van der Waals surface area contributed by atoms with Gasteiger partial charge in [0.15, 0.2) is 0 Å². The van der Waals surface area contributed by atoms with Crippen LogP contribution in [-0.4, -0.2) is 31.6 Å². The lowest BCUT2D eigenvalue weighted by molar-refractivity contribution is 0.109. The van der Waals surface area contributed by atoms with Crippen LogP contribution >= 0.6 is 0 Å². The number of hydrogen-bond acceptors (Lipinski definition) is 6. The second-order valence-corrected chi connectivity index (χ2v) is 8.83. The van der Waals surface area contributed by atoms with Gasteiger partial charge in [0.2, 0.25) is 0 Å². The normalized spacial score (nSPS) is 27.8. The molecule has 3 aromatic rings. The lowest BCUT2D eigenvalue weighted by atomic mass is 9.93. The van der Waals surface area contributed by atoms with E-state index in [2.05, 4.69) is 0 Å². The molecule has 0 unspecified atom stereocenters. The fourth-order valence-corrected chi connectivity index (χ4v) is 5.31. The van der Waals surface area contributed by atoms with E-state index in [1.807, 2.05) is 0 Å². The monoisotopic (exact) mass is 412 g/mol. The maximum absolute atomic E-state index is 13.0. The summed E-state index contributed by atoms with van der Waals surface area (Å²) >= 11 is 0. The maximum atomic E-state index is 13.0. The molecule has 0 amide bonds. The summed E-state index contributed by atoms with van der Waals surface area (Å²) in [6, 6.07) is 2.26. The van der Waals surface area contributed by atoms with Crippen LogP contribution in [0.25, 0.3) is 21.5 Å². The first kappa shape index (κ1) is 19.4. The van der Waals surface area contributed by atoms with E-state index < -0.39 is 34.4 Å². The van der Waals surface area contributed by atoms with Gasteiger partial charge in [-0.3, -0.25) is 28.3 Å². The van der Waals surface area contributed by atoms with E-state index in [9.17, 15) is 29.4 Å². The molecule has 2 fully saturated rings. The molecule has 2 N–H and O–H groups in total. The smallest absolute Gasteiger partial charge is 0.261 e. The van der Waals surface area contributed by atoms with Gasteiger partial charge in [0.1, 0.15) is 0 Å². The molecule has 0 saturated heterocycles. The van der Waals surface area contributed by atoms with Gasteiger partial charge in [-0.15, -0.1) is 0 Å². The highest BCUT2D eigenvalue weighted by molar-refractivity contribution is 5.97. The Morgan fingerprint density at radius 1 is 0.533 bits per heavy atom. The molecule has 0 aliphatic heterocycles. The molecule has 2 aliphatic rings. The Morgan fingerprint density at radius 2 is 0.800 bits per heavy atom. The van der Waals surface area contributed by atoms with E-state index in [4.69, 9.17) is 0 Å². The molecule has 8 nitrogen and oxygen atoms in total. The summed E-state index contributed by atoms with van der Waals surface area (Å²) in [7, 11) is 0. The average molecular weight is 412 g/mol. The predicted octanol–water partition coefficient (Wildman–Crippen LogP) is 0.864. The zero-order valence-corrected chi connectivity index (χ0v) is 16.5. The summed E-state index contributed by atoms with van der Waals surface area (Å²) in [6.07, 6.45) is 3.54. The van der Waals surface area contributed by atoms with Gasteiger partial charge >= 0.3 is 0 Å². The lowest BCUT2D eigenvalue weighted by Crippen LogP contribution is -2.33. The summed E-state index contributed by atoms with van der Waals surface area (Å²) in [5, 5.41) is 20.1. The third-order valence-electron chi connectivity index (χ3n) is 7.02. The van der Waals surface area contributed by atoms with Gasteiger partial charge in [0.05, 0.1) is 33.8 Å². The molecule has 158 valence electrons. The second-order valence-electron chi connectivity index (χ2n) is 8.83. The molecule has 30 heavy (non-hydrogen) atoms. The van der Waals surface area contributed by atoms with E-state index in [0.29, 0.717) is 51.4 Å². The molecule has 2 heterocycles. The van der Waals surface area contributed by atoms with Crippen LogP contribution in [0.2, 0.25) is 0 Å². The molecule has 0 spiro atoms. The van der Waals surface area contributed by atoms with Crippen LogP contribution in [0.15, 0.2) is 31.3 Å². The number of nitrogens with zero attached hydrogens (tertiary/aromatic N) is 2. The average Bonchev–Trinajstić information content (AvgIpc) is 3.13. The molecular weight excluding hydrogens is 388 g/mol. The Labute approximate surface area is 170 Å². The lowest BCUT2D eigenvalue weighted by Gasteiger charge is -2.25. The van der Waals surface area contributed by atoms with Gasteiger partial charge in [-0.2, -0.15) is 0 Å². The number of rotatable bonds is 2. The molecular formula is C22H24N2O6. The highest BCUT2D eigenvalue weighted by atomic mass is 16.3. The molecule has 8 heteroatoms. The minimum Gasteiger partial charge on any atom is -0.393 e. The third-order valence-corrected chi connectivity index (χ3v) is 7.02. The quantitative estimate of drug-likeness (QED) is 0.645. The van der Waals surface area contributed by atoms with Crippen LogP contribution in [-0.2, 0) is 0 Å². The molecule has 2 saturated carbocycles. The summed E-state index contributed by atoms with van der Waals surface area (Å²) in [5.74, 6) is 0. The number of aliphatic hydroxyl groups excluding tert-OH is 2. The van der Waals surface area contributed by atoms with Crippen LogP contribution in [0.5, 0.6) is 0 Å². The van der Waals surface area contributed by atoms with Crippen LogP contribution in [0.3, 0.4) is 0 Å². The molecule has 1 aromatic carbocycles. The van der Waals surface area contributed by atoms with Crippen molar-refractivity contribution in [2.24, 2.45) is 0 Å². The van der Waals surface area contributed by atoms with Crippen molar-refractivity contribution in [3.05, 3.63) is 53.5 Å². The Morgan fingerprint density at radius 3 is 1.07 bits per heavy atom. The summed E-state index contributed by atoms with van der Waals surface area (Å²) in [4.78, 5) is 52.0. The van der Waals surface area contributed by atoms with E-state index in [1.165, 1.54) is 21.3 Å². The first-order valence-corrected chi connectivity index (χ1v) is 10.7. The van der Waals surface area contributed by atoms with Crippen molar-refractivity contribution < 1.29 is 10.2 Å². The number of fused-ring (bicyclic) bond motifs is 2. The zero-order chi connectivity index (χ0) is 21.2. The van der Waals surface area contributed by atoms with E-state index in [1.54, 1.807) is 0 Å². The van der Waals surface area contributed by atoms with Crippen molar-refractivity contribution in [2.75, 3.05) is 0 Å². The Bertz CT molecular complexity index is 1150. The first-order valence-electron chi connectivity index (χ1n) is 10.7. The number of aromatic nitrogens is 2. The van der Waals surface area contributed by atoms with Crippen LogP contribution in [0.4, 0.5) is 0 Å². The minimum absolute atomic E-state index is 0.173. The van der Waals surface area contributed by atoms with Crippen LogP contribution in [0.1, 0.15) is 63.5 Å². The third kappa shape index (κ3) is 2.81. The zero-order valence-electron chi connectivity index (χ0n) is 16.5. The van der Waals surface area contributed by atoms with Crippen molar-refractivity contribution in [1.82, 2.24) is 9.13 Å². The maximum Gasteiger partial charge on any atom is 0.261 e. The number of benzene rings is 1. The predicted molar refractivity (Wildman–Crippen MR) is 112 cm³/mol. The number of hydrogen-bond donors (Lipinski definition) is 2. The molecule has 0 atom stereocenters. The van der Waals surface area contributed by atoms with Crippen molar-refractivity contribution in [3.63, 3.8) is 0 Å². The highest BCUT2D eigenvalue weighted by Gasteiger charge is 2.29. The van der Waals surface area contributed by atoms with E-state index >= 15 is 0 Å². The van der Waals surface area contributed by atoms with Crippen molar-refractivity contribution in [2.45, 2.75) is 75.7 Å². The van der Waals surface area contributed by atoms with Gasteiger partial charge in [-0.1, -0.05) is 0 Å². The van der Waals surface area contributed by atoms with Crippen molar-refractivity contribution >= 4 is 21.5 Å². The second kappa shape index (κ2) is 6.99. The molecule has 5 rings (SSSR count). The minimum atomic E-state index is -0.432. The molecule has 0 bridgehead atoms. The molecule has 0 radical (unpaired) electrons. The van der Waals surface area contributed by atoms with Gasteiger partial charge in [0, 0.05) is 12.1 Å². The first-order chi connectivity index (χ1) is 14.4. The summed E-state index contributed by atoms with van der Waals surface area (Å²) < 4.78 is 2.47. The fourth-order valence-electron chi connectivity index (χ4n) is 5.31. The van der Waals surface area contributed by atoms with Gasteiger partial charge in [-0.25, -0.2) is 0 Å². The SMILES string of the molecule is O=c1c2cc3c(=O)n(C4CCC(O)CC4)c(=O)c3cc2c(=O)n1C1CCC(O)CC1. The van der Waals surface area contributed by atoms with E-state index in [-0.39, 0.29) is 33.6 Å². The molecule has 2 aliphatic carbocycles. The van der Waals surface area contributed by atoms with E-state index in [0.717, 1.165) is 0 Å². The fraction of sp³-hybridized carbons (Fsp3) is 0.545. The van der Waals surface area contributed by atoms with Crippen molar-refractivity contribution in [3.8, 4) is 0 Å². The topological polar surface area (TPSA) is 119 Å². The van der Waals surface area contributed by atoms with Crippen molar-refractivity contribution in [1.29, 1.82) is 0 Å². The Balaban J connectivity index is 1.66. The standard InChI is InChI=1S/C22H24N2O6/c25-13-5-1-11(2-6-13)23-19(27)15-9-17-18(10-16(15)20(23)28)22(30)24(21(17)29)12-3-7-14(26)8-4-12/h9-14,25-26H,1-8H2. The van der Waals surface area contributed by atoms with Gasteiger partial charge in [0.25, 0.3) is 22.2 Å². The van der Waals surface area contributed by atoms with Gasteiger partial charge in [-0.05, 0) is 63.5 Å². The van der Waals surface area contributed by atoms with Gasteiger partial charge < -0.3 is 10.2 Å². The highest BCUT2D eigenvalue weighted by Crippen LogP contribution is 2.29.